The molecule has 2 aliphatic rings. The van der Waals surface area contributed by atoms with Gasteiger partial charge in [0.1, 0.15) is 0 Å². The first-order valence-electron chi connectivity index (χ1n) is 10.9. The number of hydrogen-bond donors (Lipinski definition) is 3. The smallest absolute Gasteiger partial charge is 0.191 e. The largest absolute Gasteiger partial charge is 0.388 e. The van der Waals surface area contributed by atoms with E-state index in [2.05, 4.69) is 72.5 Å². The molecule has 1 heterocycles. The van der Waals surface area contributed by atoms with Crippen LogP contribution in [0.4, 0.5) is 5.69 Å². The van der Waals surface area contributed by atoms with Gasteiger partial charge in [0.25, 0.3) is 0 Å². The molecule has 1 aliphatic heterocycles. The van der Waals surface area contributed by atoms with E-state index in [-0.39, 0.29) is 29.4 Å². The number of aliphatic hydroxyl groups is 1. The summed E-state index contributed by atoms with van der Waals surface area (Å²) < 4.78 is 0. The van der Waals surface area contributed by atoms with E-state index in [0.717, 1.165) is 57.7 Å². The van der Waals surface area contributed by atoms with E-state index >= 15 is 0 Å². The van der Waals surface area contributed by atoms with Crippen LogP contribution >= 0.6 is 24.0 Å². The summed E-state index contributed by atoms with van der Waals surface area (Å²) in [7, 11) is 0. The average molecular weight is 514 g/mol. The summed E-state index contributed by atoms with van der Waals surface area (Å²) in [5, 5.41) is 17.2. The number of halogens is 1. The summed E-state index contributed by atoms with van der Waals surface area (Å²) in [5.74, 6) is 0.843. The Hall–Kier alpha value is -1.02. The number of benzene rings is 1. The second-order valence-electron chi connectivity index (χ2n) is 9.48. The van der Waals surface area contributed by atoms with Crippen molar-refractivity contribution < 1.29 is 5.11 Å². The highest BCUT2D eigenvalue weighted by molar-refractivity contribution is 14.0. The van der Waals surface area contributed by atoms with Crippen molar-refractivity contribution in [2.45, 2.75) is 76.9 Å². The number of nitrogens with zero attached hydrogens (tertiary/aromatic N) is 2. The lowest BCUT2D eigenvalue weighted by atomic mass is 9.80. The Morgan fingerprint density at radius 2 is 1.79 bits per heavy atom. The predicted molar refractivity (Wildman–Crippen MR) is 134 cm³/mol. The van der Waals surface area contributed by atoms with Crippen LogP contribution < -0.4 is 15.5 Å². The zero-order valence-corrected chi connectivity index (χ0v) is 20.8. The predicted octanol–water partition coefficient (Wildman–Crippen LogP) is 4.04. The van der Waals surface area contributed by atoms with Crippen LogP contribution in [-0.2, 0) is 5.41 Å². The molecular formula is C23H39IN4O. The zero-order chi connectivity index (χ0) is 20.2. The molecule has 1 aromatic rings. The summed E-state index contributed by atoms with van der Waals surface area (Å²) >= 11 is 0. The van der Waals surface area contributed by atoms with Crippen LogP contribution in [0.3, 0.4) is 0 Å². The summed E-state index contributed by atoms with van der Waals surface area (Å²) in [4.78, 5) is 7.12. The van der Waals surface area contributed by atoms with Crippen molar-refractivity contribution in [3.63, 3.8) is 0 Å². The van der Waals surface area contributed by atoms with Crippen molar-refractivity contribution in [3.8, 4) is 0 Å². The Kier molecular flexibility index (Phi) is 8.64. The van der Waals surface area contributed by atoms with Crippen molar-refractivity contribution in [2.75, 3.05) is 31.1 Å². The molecule has 164 valence electrons. The molecule has 6 heteroatoms. The number of rotatable bonds is 5. The van der Waals surface area contributed by atoms with Crippen LogP contribution in [0.15, 0.2) is 29.3 Å². The van der Waals surface area contributed by atoms with Gasteiger partial charge in [-0.15, -0.1) is 24.0 Å². The van der Waals surface area contributed by atoms with Gasteiger partial charge in [-0.2, -0.15) is 0 Å². The summed E-state index contributed by atoms with van der Waals surface area (Å²) in [6.07, 6.45) is 5.06. The molecule has 1 aliphatic carbocycles. The fraction of sp³-hybridized carbons (Fsp3) is 0.696. The fourth-order valence-electron chi connectivity index (χ4n) is 3.94. The third-order valence-electron chi connectivity index (χ3n) is 6.09. The van der Waals surface area contributed by atoms with E-state index in [1.54, 1.807) is 0 Å². The molecule has 0 spiro atoms. The molecule has 1 saturated heterocycles. The minimum atomic E-state index is -0.565. The lowest BCUT2D eigenvalue weighted by molar-refractivity contribution is -0.0236. The first-order chi connectivity index (χ1) is 13.3. The highest BCUT2D eigenvalue weighted by Gasteiger charge is 2.34. The van der Waals surface area contributed by atoms with Gasteiger partial charge in [-0.25, -0.2) is 0 Å². The minimum absolute atomic E-state index is 0. The van der Waals surface area contributed by atoms with Crippen molar-refractivity contribution in [1.82, 2.24) is 10.6 Å². The van der Waals surface area contributed by atoms with Gasteiger partial charge in [-0.3, -0.25) is 4.99 Å². The molecule has 1 saturated carbocycles. The maximum atomic E-state index is 10.3. The van der Waals surface area contributed by atoms with Crippen LogP contribution in [0.25, 0.3) is 0 Å². The lowest BCUT2D eigenvalue weighted by Gasteiger charge is -2.36. The molecule has 0 atom stereocenters. The van der Waals surface area contributed by atoms with Gasteiger partial charge in [0.15, 0.2) is 5.96 Å². The van der Waals surface area contributed by atoms with Gasteiger partial charge in [-0.1, -0.05) is 32.9 Å². The number of guanidine groups is 1. The van der Waals surface area contributed by atoms with Gasteiger partial charge in [0, 0.05) is 31.4 Å². The van der Waals surface area contributed by atoms with Gasteiger partial charge in [-0.05, 0) is 62.1 Å². The number of anilines is 1. The summed E-state index contributed by atoms with van der Waals surface area (Å²) in [5.41, 5.74) is 2.33. The topological polar surface area (TPSA) is 59.9 Å². The van der Waals surface area contributed by atoms with Crippen molar-refractivity contribution in [3.05, 3.63) is 29.8 Å². The fourth-order valence-corrected chi connectivity index (χ4v) is 3.94. The third kappa shape index (κ3) is 6.74. The van der Waals surface area contributed by atoms with Gasteiger partial charge in [0.05, 0.1) is 12.1 Å². The third-order valence-corrected chi connectivity index (χ3v) is 6.09. The molecule has 0 radical (unpaired) electrons. The van der Waals surface area contributed by atoms with Crippen molar-refractivity contribution in [1.29, 1.82) is 0 Å². The maximum Gasteiger partial charge on any atom is 0.191 e. The maximum absolute atomic E-state index is 10.3. The Bertz CT molecular complexity index is 656. The van der Waals surface area contributed by atoms with Crippen LogP contribution in [-0.4, -0.2) is 48.9 Å². The van der Waals surface area contributed by atoms with Crippen LogP contribution in [0, 0.1) is 0 Å². The molecule has 1 aromatic carbocycles. The number of aliphatic imine (C=N–C) groups is 1. The normalized spacial score (nSPS) is 19.9. The van der Waals surface area contributed by atoms with Gasteiger partial charge >= 0.3 is 0 Å². The van der Waals surface area contributed by atoms with E-state index in [1.807, 2.05) is 0 Å². The Balaban J connectivity index is 0.00000300. The van der Waals surface area contributed by atoms with E-state index in [4.69, 9.17) is 0 Å². The van der Waals surface area contributed by atoms with E-state index < -0.39 is 5.60 Å². The number of hydrogen-bond acceptors (Lipinski definition) is 3. The van der Waals surface area contributed by atoms with Gasteiger partial charge < -0.3 is 20.6 Å². The molecule has 2 fully saturated rings. The van der Waals surface area contributed by atoms with Crippen LogP contribution in [0.1, 0.15) is 65.4 Å². The second-order valence-corrected chi connectivity index (χ2v) is 9.48. The molecule has 0 bridgehead atoms. The second kappa shape index (κ2) is 10.3. The monoisotopic (exact) mass is 514 g/mol. The zero-order valence-electron chi connectivity index (χ0n) is 18.5. The molecule has 3 rings (SSSR count). The lowest BCUT2D eigenvalue weighted by Crippen LogP contribution is -2.49. The first kappa shape index (κ1) is 24.3. The molecule has 5 nitrogen and oxygen atoms in total. The van der Waals surface area contributed by atoms with Crippen LogP contribution in [0.5, 0.6) is 0 Å². The van der Waals surface area contributed by atoms with Crippen molar-refractivity contribution >= 4 is 35.6 Å². The van der Waals surface area contributed by atoms with Gasteiger partial charge in [0.2, 0.25) is 0 Å². The number of piperidine rings is 1. The molecule has 29 heavy (non-hydrogen) atoms. The molecule has 0 aromatic heterocycles. The SMILES string of the molecule is CCNC(=NCC1(O)CCC1)NC1CCN(c2ccc(C(C)(C)C)cc2)CC1.I. The highest BCUT2D eigenvalue weighted by atomic mass is 127. The molecule has 0 unspecified atom stereocenters. The highest BCUT2D eigenvalue weighted by Crippen LogP contribution is 2.31. The van der Waals surface area contributed by atoms with E-state index in [0.29, 0.717) is 12.6 Å². The van der Waals surface area contributed by atoms with Crippen molar-refractivity contribution in [2.24, 2.45) is 4.99 Å². The summed E-state index contributed by atoms with van der Waals surface area (Å²) in [6, 6.07) is 9.49. The average Bonchev–Trinajstić information content (AvgIpc) is 2.65. The standard InChI is InChI=1S/C23H38N4O.HI/c1-5-24-21(25-17-23(28)13-6-14-23)26-19-11-15-27(16-12-19)20-9-7-18(8-10-20)22(2,3)4;/h7-10,19,28H,5-6,11-17H2,1-4H3,(H2,24,25,26);1H. The first-order valence-corrected chi connectivity index (χ1v) is 10.9. The molecular weight excluding hydrogens is 475 g/mol. The Labute approximate surface area is 193 Å². The van der Waals surface area contributed by atoms with E-state index in [9.17, 15) is 5.11 Å². The van der Waals surface area contributed by atoms with E-state index in [1.165, 1.54) is 11.3 Å². The Morgan fingerprint density at radius 1 is 1.17 bits per heavy atom. The van der Waals surface area contributed by atoms with Crippen LogP contribution in [0.2, 0.25) is 0 Å². The molecule has 0 amide bonds. The number of nitrogens with one attached hydrogen (secondary N) is 2. The quantitative estimate of drug-likeness (QED) is 0.316. The summed E-state index contributed by atoms with van der Waals surface area (Å²) in [6.45, 7) is 12.3. The minimum Gasteiger partial charge on any atom is -0.388 e. The molecule has 3 N–H and O–H groups in total. The Morgan fingerprint density at radius 3 is 2.28 bits per heavy atom.